The fourth-order valence-electron chi connectivity index (χ4n) is 5.04. The number of carbonyl (C=O) groups is 3. The maximum Gasteiger partial charge on any atom is 0.319 e. The quantitative estimate of drug-likeness (QED) is 0.430. The van der Waals surface area contributed by atoms with E-state index in [2.05, 4.69) is 16.0 Å². The van der Waals surface area contributed by atoms with Crippen molar-refractivity contribution in [3.8, 4) is 5.75 Å². The van der Waals surface area contributed by atoms with Crippen molar-refractivity contribution in [2.75, 3.05) is 32.1 Å². The molecule has 1 aromatic rings. The molecule has 1 aliphatic carbocycles. The van der Waals surface area contributed by atoms with Crippen LogP contribution >= 0.6 is 0 Å². The van der Waals surface area contributed by atoms with Crippen molar-refractivity contribution in [3.05, 3.63) is 23.8 Å². The summed E-state index contributed by atoms with van der Waals surface area (Å²) in [4.78, 5) is 41.9. The van der Waals surface area contributed by atoms with E-state index in [1.807, 2.05) is 27.7 Å². The minimum absolute atomic E-state index is 0.0177. The molecular weight excluding hydrogens is 486 g/mol. The smallest absolute Gasteiger partial charge is 0.319 e. The molecule has 1 aliphatic heterocycles. The number of amides is 5. The van der Waals surface area contributed by atoms with E-state index in [1.165, 1.54) is 6.42 Å². The predicted molar refractivity (Wildman–Crippen MR) is 147 cm³/mol. The van der Waals surface area contributed by atoms with E-state index in [4.69, 9.17) is 4.74 Å². The highest BCUT2D eigenvalue weighted by Gasteiger charge is 2.32. The van der Waals surface area contributed by atoms with Crippen molar-refractivity contribution >= 4 is 23.7 Å². The molecule has 1 fully saturated rings. The first-order valence-electron chi connectivity index (χ1n) is 13.9. The number of aliphatic hydroxyl groups is 1. The van der Waals surface area contributed by atoms with Crippen LogP contribution < -0.4 is 20.7 Å². The van der Waals surface area contributed by atoms with Gasteiger partial charge in [0.05, 0.1) is 25.6 Å². The standard InChI is InChI=1S/C28H45N5O5/c1-18(2)29-27(36)30-23-11-12-24-21(13-23)14-26(35)33(20(4)17-34)15-19(3)25(38-24)16-32(5)28(37)31-22-9-7-6-8-10-22/h11-13,18-20,22,25,34H,6-10,14-17H2,1-5H3,(H,31,37)(H2,29,30,36)/t19-,20+,25-/m0/s1. The molecule has 0 spiro atoms. The molecule has 0 unspecified atom stereocenters. The number of carbonyl (C=O) groups excluding carboxylic acids is 3. The van der Waals surface area contributed by atoms with Crippen molar-refractivity contribution in [1.82, 2.24) is 20.4 Å². The zero-order chi connectivity index (χ0) is 27.8. The van der Waals surface area contributed by atoms with E-state index in [0.717, 1.165) is 25.7 Å². The first-order chi connectivity index (χ1) is 18.1. The van der Waals surface area contributed by atoms with Gasteiger partial charge in [0.1, 0.15) is 11.9 Å². The number of aliphatic hydroxyl groups excluding tert-OH is 1. The lowest BCUT2D eigenvalue weighted by Crippen LogP contribution is -2.50. The SMILES string of the molecule is CC(C)NC(=O)Nc1ccc2c(c1)CC(=O)N([C@H](C)CO)C[C@H](C)[C@H](CN(C)C(=O)NC1CCCCC1)O2. The molecule has 4 N–H and O–H groups in total. The van der Waals surface area contributed by atoms with Gasteiger partial charge in [-0.05, 0) is 51.8 Å². The first-order valence-corrected chi connectivity index (χ1v) is 13.9. The first kappa shape index (κ1) is 29.5. The van der Waals surface area contributed by atoms with Gasteiger partial charge in [0.15, 0.2) is 0 Å². The summed E-state index contributed by atoms with van der Waals surface area (Å²) >= 11 is 0. The number of anilines is 1. The second kappa shape index (κ2) is 13.7. The lowest BCUT2D eigenvalue weighted by molar-refractivity contribution is -0.134. The fraction of sp³-hybridized carbons (Fsp3) is 0.679. The number of benzene rings is 1. The number of nitrogens with one attached hydrogen (secondary N) is 3. The summed E-state index contributed by atoms with van der Waals surface area (Å²) < 4.78 is 6.48. The number of urea groups is 2. The average Bonchev–Trinajstić information content (AvgIpc) is 2.91. The number of ether oxygens (including phenoxy) is 1. The molecular formula is C28H45N5O5. The van der Waals surface area contributed by atoms with Gasteiger partial charge in [0.25, 0.3) is 0 Å². The van der Waals surface area contributed by atoms with Crippen LogP contribution in [0.5, 0.6) is 5.75 Å². The topological polar surface area (TPSA) is 123 Å². The molecule has 0 saturated heterocycles. The van der Waals surface area contributed by atoms with Gasteiger partial charge in [0, 0.05) is 42.8 Å². The highest BCUT2D eigenvalue weighted by molar-refractivity contribution is 5.90. The van der Waals surface area contributed by atoms with Gasteiger partial charge in [-0.25, -0.2) is 9.59 Å². The second-order valence-electron chi connectivity index (χ2n) is 11.1. The van der Waals surface area contributed by atoms with E-state index >= 15 is 0 Å². The third-order valence-electron chi connectivity index (χ3n) is 7.33. The maximum atomic E-state index is 13.4. The zero-order valence-corrected chi connectivity index (χ0v) is 23.5. The van der Waals surface area contributed by atoms with Gasteiger partial charge >= 0.3 is 12.1 Å². The lowest BCUT2D eigenvalue weighted by Gasteiger charge is -2.34. The Morgan fingerprint density at radius 3 is 2.55 bits per heavy atom. The summed E-state index contributed by atoms with van der Waals surface area (Å²) in [5, 5.41) is 18.6. The van der Waals surface area contributed by atoms with Gasteiger partial charge in [0.2, 0.25) is 5.91 Å². The van der Waals surface area contributed by atoms with Crippen LogP contribution in [-0.2, 0) is 11.2 Å². The maximum absolute atomic E-state index is 13.4. The Morgan fingerprint density at radius 2 is 1.89 bits per heavy atom. The van der Waals surface area contributed by atoms with Gasteiger partial charge in [-0.15, -0.1) is 0 Å². The van der Waals surface area contributed by atoms with Crippen LogP contribution in [0.2, 0.25) is 0 Å². The molecule has 10 nitrogen and oxygen atoms in total. The minimum Gasteiger partial charge on any atom is -0.488 e. The molecule has 0 radical (unpaired) electrons. The monoisotopic (exact) mass is 531 g/mol. The predicted octanol–water partition coefficient (Wildman–Crippen LogP) is 3.34. The summed E-state index contributed by atoms with van der Waals surface area (Å²) in [6, 6.07) is 4.63. The van der Waals surface area contributed by atoms with Gasteiger partial charge in [-0.3, -0.25) is 4.79 Å². The molecule has 2 aliphatic rings. The van der Waals surface area contributed by atoms with E-state index < -0.39 is 6.10 Å². The Kier molecular flexibility index (Phi) is 10.6. The number of nitrogens with zero attached hydrogens (tertiary/aromatic N) is 2. The van der Waals surface area contributed by atoms with E-state index in [-0.39, 0.29) is 55.0 Å². The second-order valence-corrected chi connectivity index (χ2v) is 11.1. The number of hydrogen-bond donors (Lipinski definition) is 4. The van der Waals surface area contributed by atoms with Crippen LogP contribution in [0, 0.1) is 5.92 Å². The molecule has 0 bridgehead atoms. The molecule has 5 amide bonds. The van der Waals surface area contributed by atoms with Crippen molar-refractivity contribution in [2.24, 2.45) is 5.92 Å². The largest absolute Gasteiger partial charge is 0.488 e. The normalized spacial score (nSPS) is 21.3. The van der Waals surface area contributed by atoms with Gasteiger partial charge in [-0.1, -0.05) is 26.2 Å². The number of hydrogen-bond acceptors (Lipinski definition) is 5. The third kappa shape index (κ3) is 8.24. The number of likely N-dealkylation sites (N-methyl/N-ethyl adjacent to an activating group) is 1. The Labute approximate surface area is 226 Å². The van der Waals surface area contributed by atoms with E-state index in [1.54, 1.807) is 35.0 Å². The van der Waals surface area contributed by atoms with Crippen LogP contribution in [0.15, 0.2) is 18.2 Å². The van der Waals surface area contributed by atoms with Gasteiger partial charge in [-0.2, -0.15) is 0 Å². The zero-order valence-electron chi connectivity index (χ0n) is 23.5. The molecule has 1 saturated carbocycles. The fourth-order valence-corrected chi connectivity index (χ4v) is 5.04. The molecule has 3 rings (SSSR count). The molecule has 0 aromatic heterocycles. The van der Waals surface area contributed by atoms with Crippen molar-refractivity contribution in [2.45, 2.75) is 90.4 Å². The van der Waals surface area contributed by atoms with Crippen LogP contribution in [0.25, 0.3) is 0 Å². The summed E-state index contributed by atoms with van der Waals surface area (Å²) in [5.74, 6) is 0.305. The van der Waals surface area contributed by atoms with Crippen molar-refractivity contribution < 1.29 is 24.2 Å². The molecule has 38 heavy (non-hydrogen) atoms. The van der Waals surface area contributed by atoms with Crippen LogP contribution in [-0.4, -0.2) is 83.8 Å². The molecule has 1 aromatic carbocycles. The summed E-state index contributed by atoms with van der Waals surface area (Å²) in [5.41, 5.74) is 1.19. The van der Waals surface area contributed by atoms with Crippen LogP contribution in [0.3, 0.4) is 0 Å². The Morgan fingerprint density at radius 1 is 1.18 bits per heavy atom. The van der Waals surface area contributed by atoms with Crippen LogP contribution in [0.4, 0.5) is 15.3 Å². The summed E-state index contributed by atoms with van der Waals surface area (Å²) in [7, 11) is 1.77. The molecule has 1 heterocycles. The molecule has 10 heteroatoms. The van der Waals surface area contributed by atoms with Gasteiger partial charge < -0.3 is 35.6 Å². The van der Waals surface area contributed by atoms with Crippen molar-refractivity contribution in [1.29, 1.82) is 0 Å². The highest BCUT2D eigenvalue weighted by Crippen LogP contribution is 2.29. The molecule has 212 valence electrons. The number of fused-ring (bicyclic) bond motifs is 1. The third-order valence-corrected chi connectivity index (χ3v) is 7.33. The van der Waals surface area contributed by atoms with E-state index in [9.17, 15) is 19.5 Å². The Balaban J connectivity index is 1.83. The van der Waals surface area contributed by atoms with Crippen LogP contribution in [0.1, 0.15) is 65.4 Å². The number of rotatable bonds is 7. The summed E-state index contributed by atoms with van der Waals surface area (Å²) in [6.07, 6.45) is 5.18. The van der Waals surface area contributed by atoms with Crippen molar-refractivity contribution in [3.63, 3.8) is 0 Å². The Hall–Kier alpha value is -3.01. The highest BCUT2D eigenvalue weighted by atomic mass is 16.5. The lowest BCUT2D eigenvalue weighted by atomic mass is 9.96. The Bertz CT molecular complexity index is 965. The summed E-state index contributed by atoms with van der Waals surface area (Å²) in [6.45, 7) is 8.14. The van der Waals surface area contributed by atoms with E-state index in [0.29, 0.717) is 30.1 Å². The average molecular weight is 532 g/mol. The molecule has 3 atom stereocenters. The minimum atomic E-state index is -0.391.